The second-order valence-electron chi connectivity index (χ2n) is 3.57. The number of aliphatic carboxylic acids is 1. The molecule has 0 saturated carbocycles. The van der Waals surface area contributed by atoms with E-state index in [-0.39, 0.29) is 6.04 Å². The van der Waals surface area contributed by atoms with E-state index < -0.39 is 5.97 Å². The van der Waals surface area contributed by atoms with Crippen LogP contribution in [0.3, 0.4) is 0 Å². The largest absolute Gasteiger partial charge is 0.480 e. The molecule has 3 aliphatic heterocycles. The highest BCUT2D eigenvalue weighted by molar-refractivity contribution is 5.73. The van der Waals surface area contributed by atoms with Gasteiger partial charge in [-0.3, -0.25) is 9.69 Å². The Kier molecular flexibility index (Phi) is 1.60. The van der Waals surface area contributed by atoms with Crippen molar-refractivity contribution in [3.63, 3.8) is 0 Å². The van der Waals surface area contributed by atoms with Gasteiger partial charge in [-0.1, -0.05) is 0 Å². The molecule has 3 fully saturated rings. The van der Waals surface area contributed by atoms with Crippen LogP contribution in [0.2, 0.25) is 0 Å². The van der Waals surface area contributed by atoms with Crippen LogP contribution in [0.15, 0.2) is 0 Å². The molecular weight excluding hydrogens is 142 g/mol. The molecule has 3 heteroatoms. The summed E-state index contributed by atoms with van der Waals surface area (Å²) in [4.78, 5) is 12.8. The maximum Gasteiger partial charge on any atom is 0.320 e. The second kappa shape index (κ2) is 2.48. The Hall–Kier alpha value is -0.570. The summed E-state index contributed by atoms with van der Waals surface area (Å²) in [6, 6.07) is -0.164. The third-order valence-corrected chi connectivity index (χ3v) is 2.93. The molecule has 3 saturated heterocycles. The maximum atomic E-state index is 10.7. The van der Waals surface area contributed by atoms with E-state index in [1.54, 1.807) is 0 Å². The van der Waals surface area contributed by atoms with Gasteiger partial charge in [0, 0.05) is 0 Å². The van der Waals surface area contributed by atoms with Gasteiger partial charge in [0.1, 0.15) is 6.04 Å². The van der Waals surface area contributed by atoms with Gasteiger partial charge >= 0.3 is 5.97 Å². The molecule has 3 rings (SSSR count). The quantitative estimate of drug-likeness (QED) is 0.601. The van der Waals surface area contributed by atoms with Gasteiger partial charge in [0.05, 0.1) is 0 Å². The molecule has 3 aliphatic rings. The Labute approximate surface area is 66.0 Å². The Morgan fingerprint density at radius 2 is 2.00 bits per heavy atom. The van der Waals surface area contributed by atoms with Crippen LogP contribution in [0.4, 0.5) is 0 Å². The van der Waals surface area contributed by atoms with Gasteiger partial charge in [0.15, 0.2) is 0 Å². The number of hydrogen-bond donors (Lipinski definition) is 1. The summed E-state index contributed by atoms with van der Waals surface area (Å²) in [7, 11) is 0. The number of nitrogens with zero attached hydrogens (tertiary/aromatic N) is 1. The van der Waals surface area contributed by atoms with Crippen molar-refractivity contribution in [3.8, 4) is 0 Å². The molecule has 62 valence electrons. The molecule has 11 heavy (non-hydrogen) atoms. The Bertz CT molecular complexity index is 173. The molecule has 3 nitrogen and oxygen atoms in total. The minimum atomic E-state index is -0.630. The van der Waals surface area contributed by atoms with E-state index in [0.717, 1.165) is 19.5 Å². The number of carboxylic acid groups (broad SMARTS) is 1. The summed E-state index contributed by atoms with van der Waals surface area (Å²) in [6.45, 7) is 2.00. The third-order valence-electron chi connectivity index (χ3n) is 2.93. The number of carboxylic acids is 1. The molecule has 0 amide bonds. The molecule has 0 spiro atoms. The van der Waals surface area contributed by atoms with Crippen LogP contribution < -0.4 is 0 Å². The normalized spacial score (nSPS) is 42.4. The summed E-state index contributed by atoms with van der Waals surface area (Å²) >= 11 is 0. The van der Waals surface area contributed by atoms with Crippen LogP contribution >= 0.6 is 0 Å². The van der Waals surface area contributed by atoms with Gasteiger partial charge in [0.2, 0.25) is 0 Å². The van der Waals surface area contributed by atoms with E-state index in [0.29, 0.717) is 5.92 Å². The number of rotatable bonds is 1. The Morgan fingerprint density at radius 1 is 1.36 bits per heavy atom. The SMILES string of the molecule is O=C(O)[C@@H]1CC2CCN1CC2. The van der Waals surface area contributed by atoms with Crippen molar-refractivity contribution in [1.29, 1.82) is 0 Å². The lowest BCUT2D eigenvalue weighted by Crippen LogP contribution is -2.52. The van der Waals surface area contributed by atoms with Gasteiger partial charge in [0.25, 0.3) is 0 Å². The minimum absolute atomic E-state index is 0.164. The average Bonchev–Trinajstić information content (AvgIpc) is 2.06. The first-order valence-corrected chi connectivity index (χ1v) is 4.24. The molecule has 2 bridgehead atoms. The van der Waals surface area contributed by atoms with Crippen molar-refractivity contribution < 1.29 is 9.90 Å². The molecule has 0 aromatic rings. The lowest BCUT2D eigenvalue weighted by atomic mass is 9.83. The van der Waals surface area contributed by atoms with E-state index in [4.69, 9.17) is 5.11 Å². The molecule has 0 unspecified atom stereocenters. The topological polar surface area (TPSA) is 40.5 Å². The van der Waals surface area contributed by atoms with Crippen molar-refractivity contribution in [2.75, 3.05) is 13.1 Å². The van der Waals surface area contributed by atoms with Crippen LogP contribution in [0, 0.1) is 5.92 Å². The molecule has 0 aromatic heterocycles. The monoisotopic (exact) mass is 155 g/mol. The standard InChI is InChI=1S/C8H13NO2/c10-8(11)7-5-6-1-3-9(7)4-2-6/h6-7H,1-5H2,(H,10,11)/t7-/m0/s1. The molecule has 0 aromatic carbocycles. The van der Waals surface area contributed by atoms with Crippen LogP contribution in [0.5, 0.6) is 0 Å². The predicted octanol–water partition coefficient (Wildman–Crippen LogP) is 0.555. The van der Waals surface area contributed by atoms with E-state index in [9.17, 15) is 4.79 Å². The predicted molar refractivity (Wildman–Crippen MR) is 40.3 cm³/mol. The summed E-state index contributed by atoms with van der Waals surface area (Å²) in [5, 5.41) is 8.82. The summed E-state index contributed by atoms with van der Waals surface area (Å²) in [5.74, 6) is 0.0653. The number of fused-ring (bicyclic) bond motifs is 3. The van der Waals surface area contributed by atoms with Crippen molar-refractivity contribution in [3.05, 3.63) is 0 Å². The zero-order valence-corrected chi connectivity index (χ0v) is 6.49. The molecule has 1 N–H and O–H groups in total. The highest BCUT2D eigenvalue weighted by atomic mass is 16.4. The van der Waals surface area contributed by atoms with Gasteiger partial charge in [-0.05, 0) is 38.3 Å². The Morgan fingerprint density at radius 3 is 2.27 bits per heavy atom. The van der Waals surface area contributed by atoms with Crippen molar-refractivity contribution in [2.24, 2.45) is 5.92 Å². The van der Waals surface area contributed by atoms with Gasteiger partial charge in [-0.2, -0.15) is 0 Å². The highest BCUT2D eigenvalue weighted by Gasteiger charge is 2.37. The van der Waals surface area contributed by atoms with E-state index in [2.05, 4.69) is 4.90 Å². The number of hydrogen-bond acceptors (Lipinski definition) is 2. The zero-order valence-electron chi connectivity index (χ0n) is 6.49. The third kappa shape index (κ3) is 1.13. The zero-order chi connectivity index (χ0) is 7.84. The fourth-order valence-electron chi connectivity index (χ4n) is 2.22. The van der Waals surface area contributed by atoms with E-state index >= 15 is 0 Å². The molecule has 0 radical (unpaired) electrons. The number of piperidine rings is 3. The van der Waals surface area contributed by atoms with Gasteiger partial charge < -0.3 is 5.11 Å². The fraction of sp³-hybridized carbons (Fsp3) is 0.875. The average molecular weight is 155 g/mol. The molecule has 0 aliphatic carbocycles. The van der Waals surface area contributed by atoms with Crippen LogP contribution in [-0.2, 0) is 4.79 Å². The highest BCUT2D eigenvalue weighted by Crippen LogP contribution is 2.31. The second-order valence-corrected chi connectivity index (χ2v) is 3.57. The van der Waals surface area contributed by atoms with E-state index in [1.807, 2.05) is 0 Å². The first kappa shape index (κ1) is 7.10. The van der Waals surface area contributed by atoms with Crippen molar-refractivity contribution >= 4 is 5.97 Å². The summed E-state index contributed by atoms with van der Waals surface area (Å²) in [6.07, 6.45) is 3.31. The molecule has 1 atom stereocenters. The summed E-state index contributed by atoms with van der Waals surface area (Å²) in [5.41, 5.74) is 0. The first-order chi connectivity index (χ1) is 5.27. The van der Waals surface area contributed by atoms with Crippen LogP contribution in [0.1, 0.15) is 19.3 Å². The smallest absolute Gasteiger partial charge is 0.320 e. The van der Waals surface area contributed by atoms with Crippen LogP contribution in [0.25, 0.3) is 0 Å². The van der Waals surface area contributed by atoms with Gasteiger partial charge in [-0.15, -0.1) is 0 Å². The van der Waals surface area contributed by atoms with Crippen molar-refractivity contribution in [2.45, 2.75) is 25.3 Å². The fourth-order valence-corrected chi connectivity index (χ4v) is 2.22. The first-order valence-electron chi connectivity index (χ1n) is 4.24. The lowest BCUT2D eigenvalue weighted by Gasteiger charge is -2.43. The van der Waals surface area contributed by atoms with E-state index in [1.165, 1.54) is 12.8 Å². The molecule has 3 heterocycles. The lowest BCUT2D eigenvalue weighted by molar-refractivity contribution is -0.147. The molecular formula is C8H13NO2. The maximum absolute atomic E-state index is 10.7. The van der Waals surface area contributed by atoms with Gasteiger partial charge in [-0.25, -0.2) is 0 Å². The summed E-state index contributed by atoms with van der Waals surface area (Å²) < 4.78 is 0. The van der Waals surface area contributed by atoms with Crippen molar-refractivity contribution in [1.82, 2.24) is 4.90 Å². The van der Waals surface area contributed by atoms with Crippen LogP contribution in [-0.4, -0.2) is 35.1 Å². The number of carbonyl (C=O) groups is 1. The Balaban J connectivity index is 2.08. The minimum Gasteiger partial charge on any atom is -0.480 e.